The first-order chi connectivity index (χ1) is 17.5. The van der Waals surface area contributed by atoms with Gasteiger partial charge in [-0.15, -0.1) is 0 Å². The molecule has 6 nitrogen and oxygen atoms in total. The number of aliphatic hydroxyl groups is 1. The number of benzene rings is 3. The van der Waals surface area contributed by atoms with Gasteiger partial charge in [0.2, 0.25) is 0 Å². The van der Waals surface area contributed by atoms with Gasteiger partial charge in [-0.1, -0.05) is 56.2 Å². The number of ether oxygens (including phenoxy) is 1. The fraction of sp³-hybridized carbons (Fsp3) is 0.345. The van der Waals surface area contributed by atoms with Gasteiger partial charge in [-0.2, -0.15) is 0 Å². The van der Waals surface area contributed by atoms with Crippen LogP contribution in [0, 0.1) is 0 Å². The van der Waals surface area contributed by atoms with E-state index in [1.165, 1.54) is 12.1 Å². The van der Waals surface area contributed by atoms with E-state index in [1.54, 1.807) is 31.2 Å². The normalized spacial score (nSPS) is 12.8. The summed E-state index contributed by atoms with van der Waals surface area (Å²) in [7, 11) is 1.65. The van der Waals surface area contributed by atoms with Gasteiger partial charge in [0, 0.05) is 23.5 Å². The second-order valence-corrected chi connectivity index (χ2v) is 9.92. The van der Waals surface area contributed by atoms with Crippen LogP contribution in [0.3, 0.4) is 0 Å². The average Bonchev–Trinajstić information content (AvgIpc) is 2.89. The third-order valence-corrected chi connectivity index (χ3v) is 6.96. The molecule has 0 heterocycles. The maximum Gasteiger partial charge on any atom is 0.251 e. The molecule has 0 aliphatic carbocycles. The van der Waals surface area contributed by atoms with Crippen molar-refractivity contribution in [3.05, 3.63) is 90.0 Å². The Balaban J connectivity index is 1.76. The maximum absolute atomic E-state index is 13.0. The predicted molar refractivity (Wildman–Crippen MR) is 145 cm³/mol. The lowest BCUT2D eigenvalue weighted by atomic mass is 10.0. The number of phenolic OH excluding ortho intramolecular Hbond substituents is 1. The van der Waals surface area contributed by atoms with E-state index in [0.717, 1.165) is 42.0 Å². The van der Waals surface area contributed by atoms with Crippen molar-refractivity contribution >= 4 is 17.9 Å². The van der Waals surface area contributed by atoms with Crippen molar-refractivity contribution in [1.82, 2.24) is 9.62 Å². The molecule has 7 heteroatoms. The number of carbonyl (C=O) groups excluding carboxylic acids is 1. The van der Waals surface area contributed by atoms with Gasteiger partial charge >= 0.3 is 0 Å². The van der Waals surface area contributed by atoms with Crippen LogP contribution >= 0.6 is 11.9 Å². The van der Waals surface area contributed by atoms with Crippen LogP contribution in [0.2, 0.25) is 0 Å². The highest BCUT2D eigenvalue weighted by Crippen LogP contribution is 2.26. The maximum atomic E-state index is 13.0. The van der Waals surface area contributed by atoms with E-state index in [4.69, 9.17) is 4.74 Å². The Labute approximate surface area is 218 Å². The number of aliphatic hydroxyl groups excluding tert-OH is 1. The van der Waals surface area contributed by atoms with Gasteiger partial charge in [0.05, 0.1) is 19.3 Å². The van der Waals surface area contributed by atoms with Crippen molar-refractivity contribution in [2.24, 2.45) is 0 Å². The van der Waals surface area contributed by atoms with Crippen LogP contribution in [0.25, 0.3) is 0 Å². The standard InChI is InChI=1S/C29H36N2O4S/c1-3-4-8-18-31(36-26-16-14-25(35-2)15-17-26)21-28(33)27(19-22-10-6-5-7-11-22)30-29(34)23-12-9-13-24(32)20-23/h5-7,9-17,20,27-28,32-33H,3-4,8,18-19,21H2,1-2H3,(H,30,34). The fourth-order valence-electron chi connectivity index (χ4n) is 3.88. The molecule has 1 amide bonds. The summed E-state index contributed by atoms with van der Waals surface area (Å²) in [5, 5.41) is 24.2. The molecule has 192 valence electrons. The van der Waals surface area contributed by atoms with Crippen LogP contribution < -0.4 is 10.1 Å². The summed E-state index contributed by atoms with van der Waals surface area (Å²) < 4.78 is 7.44. The smallest absolute Gasteiger partial charge is 0.251 e. The second-order valence-electron chi connectivity index (χ2n) is 8.75. The van der Waals surface area contributed by atoms with Crippen molar-refractivity contribution in [2.75, 3.05) is 20.2 Å². The molecule has 3 N–H and O–H groups in total. The van der Waals surface area contributed by atoms with E-state index in [0.29, 0.717) is 18.5 Å². The molecule has 2 atom stereocenters. The Kier molecular flexibility index (Phi) is 11.1. The number of carbonyl (C=O) groups is 1. The quantitative estimate of drug-likeness (QED) is 0.202. The van der Waals surface area contributed by atoms with Gasteiger partial charge in [0.15, 0.2) is 0 Å². The summed E-state index contributed by atoms with van der Waals surface area (Å²) in [6.07, 6.45) is 2.92. The first-order valence-electron chi connectivity index (χ1n) is 12.4. The largest absolute Gasteiger partial charge is 0.508 e. The highest BCUT2D eigenvalue weighted by Gasteiger charge is 2.25. The van der Waals surface area contributed by atoms with Gasteiger partial charge in [0.25, 0.3) is 5.91 Å². The number of nitrogens with zero attached hydrogens (tertiary/aromatic N) is 1. The number of hydrogen-bond donors (Lipinski definition) is 3. The SMILES string of the molecule is CCCCCN(CC(O)C(Cc1ccccc1)NC(=O)c1cccc(O)c1)Sc1ccc(OC)cc1. The number of hydrogen-bond acceptors (Lipinski definition) is 6. The summed E-state index contributed by atoms with van der Waals surface area (Å²) in [6, 6.07) is 23.4. The molecule has 0 aliphatic heterocycles. The Morgan fingerprint density at radius 1 is 1.03 bits per heavy atom. The predicted octanol–water partition coefficient (Wildman–Crippen LogP) is 5.30. The number of nitrogens with one attached hydrogen (secondary N) is 1. The molecule has 0 saturated heterocycles. The highest BCUT2D eigenvalue weighted by atomic mass is 32.2. The molecule has 0 bridgehead atoms. The molecule has 3 aromatic rings. The van der Waals surface area contributed by atoms with Gasteiger partial charge < -0.3 is 20.3 Å². The summed E-state index contributed by atoms with van der Waals surface area (Å²) in [5.74, 6) is 0.501. The molecule has 3 rings (SSSR count). The summed E-state index contributed by atoms with van der Waals surface area (Å²) in [4.78, 5) is 14.0. The lowest BCUT2D eigenvalue weighted by Crippen LogP contribution is -2.48. The molecule has 0 saturated carbocycles. The van der Waals surface area contributed by atoms with Gasteiger partial charge in [-0.05, 0) is 72.8 Å². The minimum atomic E-state index is -0.807. The third-order valence-electron chi connectivity index (χ3n) is 5.88. The second kappa shape index (κ2) is 14.5. The highest BCUT2D eigenvalue weighted by molar-refractivity contribution is 7.97. The van der Waals surface area contributed by atoms with Gasteiger partial charge in [-0.3, -0.25) is 4.79 Å². The minimum absolute atomic E-state index is 0.0285. The number of methoxy groups -OCH3 is 1. The zero-order chi connectivity index (χ0) is 25.8. The van der Waals surface area contributed by atoms with Gasteiger partial charge in [-0.25, -0.2) is 4.31 Å². The van der Waals surface area contributed by atoms with Crippen LogP contribution in [-0.4, -0.2) is 52.8 Å². The van der Waals surface area contributed by atoms with Gasteiger partial charge in [0.1, 0.15) is 11.5 Å². The molecule has 2 unspecified atom stereocenters. The minimum Gasteiger partial charge on any atom is -0.508 e. The van der Waals surface area contributed by atoms with Crippen molar-refractivity contribution in [3.63, 3.8) is 0 Å². The fourth-order valence-corrected chi connectivity index (χ4v) is 4.89. The van der Waals surface area contributed by atoms with Crippen LogP contribution in [0.5, 0.6) is 11.5 Å². The zero-order valence-electron chi connectivity index (χ0n) is 21.0. The number of aromatic hydroxyl groups is 1. The molecule has 0 radical (unpaired) electrons. The van der Waals surface area contributed by atoms with Crippen molar-refractivity contribution in [2.45, 2.75) is 49.6 Å². The molecule has 0 spiro atoms. The van der Waals surface area contributed by atoms with Crippen molar-refractivity contribution in [1.29, 1.82) is 0 Å². The molecule has 0 aromatic heterocycles. The first kappa shape index (κ1) is 27.6. The first-order valence-corrected chi connectivity index (χ1v) is 13.1. The van der Waals surface area contributed by atoms with E-state index in [9.17, 15) is 15.0 Å². The Morgan fingerprint density at radius 3 is 2.44 bits per heavy atom. The summed E-state index contributed by atoms with van der Waals surface area (Å²) in [6.45, 7) is 3.38. The van der Waals surface area contributed by atoms with E-state index in [-0.39, 0.29) is 11.7 Å². The van der Waals surface area contributed by atoms with Crippen molar-refractivity contribution < 1.29 is 19.7 Å². The van der Waals surface area contributed by atoms with E-state index in [2.05, 4.69) is 16.5 Å². The lowest BCUT2D eigenvalue weighted by Gasteiger charge is -2.29. The Morgan fingerprint density at radius 2 is 1.78 bits per heavy atom. The molecule has 36 heavy (non-hydrogen) atoms. The van der Waals surface area contributed by atoms with E-state index >= 15 is 0 Å². The molecule has 0 aliphatic rings. The number of phenols is 1. The lowest BCUT2D eigenvalue weighted by molar-refractivity contribution is 0.0789. The number of amides is 1. The van der Waals surface area contributed by atoms with Crippen LogP contribution in [0.1, 0.15) is 42.1 Å². The number of unbranched alkanes of at least 4 members (excludes halogenated alkanes) is 2. The molecule has 3 aromatic carbocycles. The van der Waals surface area contributed by atoms with E-state index < -0.39 is 12.1 Å². The number of rotatable bonds is 14. The van der Waals surface area contributed by atoms with Crippen LogP contribution in [0.15, 0.2) is 83.8 Å². The van der Waals surface area contributed by atoms with Crippen LogP contribution in [0.4, 0.5) is 0 Å². The zero-order valence-corrected chi connectivity index (χ0v) is 21.8. The third kappa shape index (κ3) is 8.90. The molecule has 0 fully saturated rings. The monoisotopic (exact) mass is 508 g/mol. The molecular formula is C29H36N2O4S. The Bertz CT molecular complexity index is 1060. The Hall–Kier alpha value is -3.00. The molecular weight excluding hydrogens is 472 g/mol. The van der Waals surface area contributed by atoms with E-state index in [1.807, 2.05) is 54.6 Å². The van der Waals surface area contributed by atoms with Crippen molar-refractivity contribution in [3.8, 4) is 11.5 Å². The van der Waals surface area contributed by atoms with Crippen LogP contribution in [-0.2, 0) is 6.42 Å². The summed E-state index contributed by atoms with van der Waals surface area (Å²) in [5.41, 5.74) is 1.38. The topological polar surface area (TPSA) is 82.0 Å². The summed E-state index contributed by atoms with van der Waals surface area (Å²) >= 11 is 1.60. The average molecular weight is 509 g/mol.